The Kier molecular flexibility index (Phi) is 8.22. The number of hydrogen-bond donors (Lipinski definition) is 3. The second kappa shape index (κ2) is 10.6. The first-order valence-electron chi connectivity index (χ1n) is 11.4. The van der Waals surface area contributed by atoms with Gasteiger partial charge in [-0.3, -0.25) is 13.9 Å². The van der Waals surface area contributed by atoms with Crippen molar-refractivity contribution in [1.82, 2.24) is 0 Å². The number of unbranched alkanes of at least 4 members (excludes halogenated alkanes) is 1. The van der Waals surface area contributed by atoms with Crippen LogP contribution < -0.4 is 9.64 Å². The highest BCUT2D eigenvalue weighted by molar-refractivity contribution is 8.24. The summed E-state index contributed by atoms with van der Waals surface area (Å²) in [5.41, 5.74) is 1.32. The van der Waals surface area contributed by atoms with E-state index in [1.165, 1.54) is 0 Å². The van der Waals surface area contributed by atoms with Crippen molar-refractivity contribution >= 4 is 39.5 Å². The van der Waals surface area contributed by atoms with Gasteiger partial charge in [-0.05, 0) is 38.0 Å². The molecule has 2 unspecified atom stereocenters. The van der Waals surface area contributed by atoms with Crippen LogP contribution in [0.4, 0.5) is 11.4 Å². The number of halogens is 1. The summed E-state index contributed by atoms with van der Waals surface area (Å²) in [7, 11) is -3.16. The fraction of sp³-hybridized carbons (Fsp3) is 0.480. The summed E-state index contributed by atoms with van der Waals surface area (Å²) in [6.45, 7) is 6.54. The predicted molar refractivity (Wildman–Crippen MR) is 135 cm³/mol. The van der Waals surface area contributed by atoms with Gasteiger partial charge in [0.25, 0.3) is 0 Å². The van der Waals surface area contributed by atoms with Crippen molar-refractivity contribution in [3.05, 3.63) is 47.5 Å². The zero-order valence-electron chi connectivity index (χ0n) is 19.5. The van der Waals surface area contributed by atoms with Crippen LogP contribution in [0.1, 0.15) is 52.9 Å². The Morgan fingerprint density at radius 2 is 1.94 bits per heavy atom. The molecule has 2 aromatic carbocycles. The molecule has 0 radical (unpaired) electrons. The third-order valence-corrected chi connectivity index (χ3v) is 8.67. The highest BCUT2D eigenvalue weighted by atomic mass is 35.5. The van der Waals surface area contributed by atoms with Crippen LogP contribution in [-0.2, 0) is 4.79 Å². The molecule has 182 valence electrons. The van der Waals surface area contributed by atoms with Crippen LogP contribution in [0.5, 0.6) is 5.75 Å². The molecule has 1 aliphatic rings. The fourth-order valence-electron chi connectivity index (χ4n) is 4.49. The molecular formula is C25H34ClNO5S. The van der Waals surface area contributed by atoms with E-state index in [2.05, 4.69) is 18.7 Å². The molecule has 0 saturated carbocycles. The van der Waals surface area contributed by atoms with Crippen molar-refractivity contribution in [2.24, 2.45) is 5.41 Å². The normalized spacial score (nSPS) is 21.6. The van der Waals surface area contributed by atoms with Gasteiger partial charge in [0.05, 0.1) is 22.0 Å². The van der Waals surface area contributed by atoms with E-state index in [0.29, 0.717) is 22.2 Å². The molecule has 3 N–H and O–H groups in total. The van der Waals surface area contributed by atoms with Gasteiger partial charge in [-0.25, -0.2) is 0 Å². The van der Waals surface area contributed by atoms with Gasteiger partial charge in [-0.1, -0.05) is 56.5 Å². The van der Waals surface area contributed by atoms with Crippen molar-refractivity contribution in [3.8, 4) is 5.75 Å². The molecule has 3 rings (SSSR count). The van der Waals surface area contributed by atoms with Crippen LogP contribution in [0.15, 0.2) is 47.4 Å². The van der Waals surface area contributed by atoms with Gasteiger partial charge in [-0.2, -0.15) is 10.6 Å². The monoisotopic (exact) mass is 495 g/mol. The van der Waals surface area contributed by atoms with Gasteiger partial charge in [0.15, 0.2) is 0 Å². The molecule has 0 spiro atoms. The topological polar surface area (TPSA) is 90.2 Å². The lowest BCUT2D eigenvalue weighted by Gasteiger charge is -2.41. The molecule has 2 atom stereocenters. The molecule has 8 heteroatoms. The van der Waals surface area contributed by atoms with Crippen LogP contribution in [0, 0.1) is 5.41 Å². The first-order chi connectivity index (χ1) is 15.6. The van der Waals surface area contributed by atoms with Gasteiger partial charge < -0.3 is 14.7 Å². The summed E-state index contributed by atoms with van der Waals surface area (Å²) in [5.74, 6) is -0.454. The second-order valence-electron chi connectivity index (χ2n) is 8.97. The number of anilines is 2. The number of aliphatic carboxylic acids is 1. The maximum atomic E-state index is 11.5. The largest absolute Gasteiger partial charge is 0.488 e. The smallest absolute Gasteiger partial charge is 0.307 e. The zero-order chi connectivity index (χ0) is 24.2. The number of carboxylic acid groups (broad SMARTS) is 1. The van der Waals surface area contributed by atoms with Crippen molar-refractivity contribution < 1.29 is 23.7 Å². The van der Waals surface area contributed by atoms with E-state index in [9.17, 15) is 13.9 Å². The Morgan fingerprint density at radius 1 is 1.24 bits per heavy atom. The third kappa shape index (κ3) is 5.96. The molecule has 0 aromatic heterocycles. The lowest BCUT2D eigenvalue weighted by molar-refractivity contribution is -0.138. The molecule has 1 heterocycles. The standard InChI is InChI=1S/C25H34ClNO5S/c1-4-6-12-25(5-2)16-27(19-10-8-7-9-11-19)21-14-20(26)22(32-18(3)13-24(28)29)15-23(21)33(30,31)17-25/h7-11,14-15,18,30-31H,4-6,12-13,16-17H2,1-3H3,(H,28,29). The van der Waals surface area contributed by atoms with E-state index in [0.717, 1.165) is 31.4 Å². The van der Waals surface area contributed by atoms with E-state index >= 15 is 0 Å². The molecular weight excluding hydrogens is 462 g/mol. The Bertz CT molecular complexity index is 971. The highest BCUT2D eigenvalue weighted by Gasteiger charge is 2.42. The average Bonchev–Trinajstić information content (AvgIpc) is 2.85. The highest BCUT2D eigenvalue weighted by Crippen LogP contribution is 2.62. The summed E-state index contributed by atoms with van der Waals surface area (Å²) in [4.78, 5) is 13.6. The molecule has 0 fully saturated rings. The molecule has 6 nitrogen and oxygen atoms in total. The number of hydrogen-bond acceptors (Lipinski definition) is 5. The lowest BCUT2D eigenvalue weighted by Crippen LogP contribution is -2.37. The molecule has 33 heavy (non-hydrogen) atoms. The summed E-state index contributed by atoms with van der Waals surface area (Å²) >= 11 is 6.58. The minimum absolute atomic E-state index is 0.185. The number of carboxylic acids is 1. The number of ether oxygens (including phenoxy) is 1. The Balaban J connectivity index is 2.14. The summed E-state index contributed by atoms with van der Waals surface area (Å²) in [6.07, 6.45) is 2.94. The average molecular weight is 496 g/mol. The number of carbonyl (C=O) groups is 1. The Labute approximate surface area is 202 Å². The Hall–Kier alpha value is -1.93. The van der Waals surface area contributed by atoms with Crippen LogP contribution in [0.2, 0.25) is 5.02 Å². The molecule has 0 aliphatic carbocycles. The van der Waals surface area contributed by atoms with Crippen LogP contribution in [-0.4, -0.2) is 38.6 Å². The van der Waals surface area contributed by atoms with Crippen molar-refractivity contribution in [2.75, 3.05) is 17.2 Å². The summed E-state index contributed by atoms with van der Waals surface area (Å²) in [5, 5.41) is 9.37. The number of rotatable bonds is 9. The fourth-order valence-corrected chi connectivity index (χ4v) is 6.95. The van der Waals surface area contributed by atoms with Crippen LogP contribution in [0.25, 0.3) is 0 Å². The number of fused-ring (bicyclic) bond motifs is 1. The maximum Gasteiger partial charge on any atom is 0.307 e. The molecule has 0 saturated heterocycles. The first kappa shape index (κ1) is 25.7. The van der Waals surface area contributed by atoms with E-state index in [-0.39, 0.29) is 23.3 Å². The summed E-state index contributed by atoms with van der Waals surface area (Å²) < 4.78 is 28.7. The number of nitrogens with zero attached hydrogens (tertiary/aromatic N) is 1. The second-order valence-corrected chi connectivity index (χ2v) is 11.4. The maximum absolute atomic E-state index is 11.5. The lowest BCUT2D eigenvalue weighted by atomic mass is 9.81. The van der Waals surface area contributed by atoms with Gasteiger partial charge in [0.2, 0.25) is 0 Å². The number of para-hydroxylation sites is 1. The first-order valence-corrected chi connectivity index (χ1v) is 13.5. The van der Waals surface area contributed by atoms with E-state index in [1.807, 2.05) is 30.3 Å². The van der Waals surface area contributed by atoms with Gasteiger partial charge in [-0.15, -0.1) is 0 Å². The quantitative estimate of drug-likeness (QED) is 0.335. The minimum atomic E-state index is -3.16. The molecule has 2 aromatic rings. The minimum Gasteiger partial charge on any atom is -0.488 e. The SMILES string of the molecule is CCCCC1(CC)CN(c2ccccc2)c2cc(Cl)c(OC(C)CC(=O)O)cc2S(O)(O)C1. The van der Waals surface area contributed by atoms with Crippen molar-refractivity contribution in [2.45, 2.75) is 63.9 Å². The van der Waals surface area contributed by atoms with Gasteiger partial charge in [0, 0.05) is 29.5 Å². The van der Waals surface area contributed by atoms with Gasteiger partial charge >= 0.3 is 5.97 Å². The zero-order valence-corrected chi connectivity index (χ0v) is 21.0. The van der Waals surface area contributed by atoms with E-state index in [1.54, 1.807) is 19.1 Å². The number of benzene rings is 2. The molecule has 1 aliphatic heterocycles. The molecule has 0 bridgehead atoms. The van der Waals surface area contributed by atoms with E-state index in [4.69, 9.17) is 21.4 Å². The molecule has 0 amide bonds. The predicted octanol–water partition coefficient (Wildman–Crippen LogP) is 7.43. The third-order valence-electron chi connectivity index (χ3n) is 6.33. The van der Waals surface area contributed by atoms with Crippen molar-refractivity contribution in [3.63, 3.8) is 0 Å². The van der Waals surface area contributed by atoms with Crippen LogP contribution >= 0.6 is 22.2 Å². The van der Waals surface area contributed by atoms with Crippen LogP contribution in [0.3, 0.4) is 0 Å². The van der Waals surface area contributed by atoms with E-state index < -0.39 is 22.7 Å². The summed E-state index contributed by atoms with van der Waals surface area (Å²) in [6, 6.07) is 13.2. The Morgan fingerprint density at radius 3 is 2.55 bits per heavy atom. The van der Waals surface area contributed by atoms with Crippen molar-refractivity contribution in [1.29, 1.82) is 0 Å². The van der Waals surface area contributed by atoms with Gasteiger partial charge in [0.1, 0.15) is 11.9 Å².